The third kappa shape index (κ3) is 2.41. The summed E-state index contributed by atoms with van der Waals surface area (Å²) < 4.78 is 0. The first-order valence-corrected chi connectivity index (χ1v) is 5.06. The van der Waals surface area contributed by atoms with Crippen LogP contribution >= 0.6 is 0 Å². The lowest BCUT2D eigenvalue weighted by molar-refractivity contribution is 1.22. The van der Waals surface area contributed by atoms with Gasteiger partial charge in [0.1, 0.15) is 0 Å². The number of hydrogen-bond donors (Lipinski definition) is 0. The van der Waals surface area contributed by atoms with Crippen LogP contribution in [0.3, 0.4) is 0 Å². The Bertz CT molecular complexity index is 566. The summed E-state index contributed by atoms with van der Waals surface area (Å²) in [6, 6.07) is 14.5. The van der Waals surface area contributed by atoms with Crippen molar-refractivity contribution in [1.82, 2.24) is 0 Å². The number of nitrogens with zero attached hydrogens (tertiary/aromatic N) is 3. The summed E-state index contributed by atoms with van der Waals surface area (Å²) in [4.78, 5) is 2.69. The molecule has 0 aliphatic heterocycles. The van der Waals surface area contributed by atoms with Gasteiger partial charge in [0.2, 0.25) is 0 Å². The summed E-state index contributed by atoms with van der Waals surface area (Å²) in [5, 5.41) is 5.89. The van der Waals surface area contributed by atoms with E-state index in [1.807, 2.05) is 24.3 Å². The van der Waals surface area contributed by atoms with E-state index in [-0.39, 0.29) is 0 Å². The molecule has 0 aliphatic carbocycles. The predicted octanol–water partition coefficient (Wildman–Crippen LogP) is 4.16. The zero-order chi connectivity index (χ0) is 11.2. The summed E-state index contributed by atoms with van der Waals surface area (Å²) in [5.41, 5.74) is 9.25. The number of benzene rings is 2. The van der Waals surface area contributed by atoms with Gasteiger partial charge >= 0.3 is 0 Å². The van der Waals surface area contributed by atoms with E-state index in [4.69, 9.17) is 5.53 Å². The largest absolute Gasteiger partial charge is 0.0899 e. The first-order valence-electron chi connectivity index (χ1n) is 5.06. The highest BCUT2D eigenvalue weighted by molar-refractivity contribution is 5.84. The molecule has 0 heterocycles. The molecular formula is C13H11N3. The van der Waals surface area contributed by atoms with Crippen molar-refractivity contribution in [2.75, 3.05) is 6.54 Å². The lowest BCUT2D eigenvalue weighted by atomic mass is 10.1. The summed E-state index contributed by atoms with van der Waals surface area (Å²) in [6.07, 6.45) is 3.81. The third-order valence-electron chi connectivity index (χ3n) is 2.33. The molecule has 78 valence electrons. The van der Waals surface area contributed by atoms with Crippen LogP contribution in [0, 0.1) is 0 Å². The lowest BCUT2D eigenvalue weighted by Crippen LogP contribution is -1.75. The van der Waals surface area contributed by atoms with Crippen molar-refractivity contribution in [3.05, 3.63) is 64.5 Å². The van der Waals surface area contributed by atoms with Gasteiger partial charge in [-0.25, -0.2) is 0 Å². The van der Waals surface area contributed by atoms with Crippen molar-refractivity contribution in [1.29, 1.82) is 0 Å². The Morgan fingerprint density at radius 3 is 2.75 bits per heavy atom. The highest BCUT2D eigenvalue weighted by Crippen LogP contribution is 2.16. The minimum absolute atomic E-state index is 0.392. The number of fused-ring (bicyclic) bond motifs is 1. The third-order valence-corrected chi connectivity index (χ3v) is 2.33. The fourth-order valence-electron chi connectivity index (χ4n) is 1.58. The molecule has 0 saturated heterocycles. The van der Waals surface area contributed by atoms with E-state index in [1.54, 1.807) is 0 Å². The summed E-state index contributed by atoms with van der Waals surface area (Å²) in [5.74, 6) is 0. The second kappa shape index (κ2) is 5.01. The van der Waals surface area contributed by atoms with E-state index in [9.17, 15) is 0 Å². The molecule has 3 nitrogen and oxygen atoms in total. The Morgan fingerprint density at radius 1 is 1.12 bits per heavy atom. The van der Waals surface area contributed by atoms with Crippen molar-refractivity contribution in [3.8, 4) is 0 Å². The molecule has 0 aromatic heterocycles. The van der Waals surface area contributed by atoms with Gasteiger partial charge in [-0.05, 0) is 27.9 Å². The van der Waals surface area contributed by atoms with Crippen molar-refractivity contribution >= 4 is 16.8 Å². The van der Waals surface area contributed by atoms with Crippen LogP contribution in [-0.2, 0) is 0 Å². The van der Waals surface area contributed by atoms with E-state index in [0.29, 0.717) is 6.54 Å². The molecule has 0 spiro atoms. The summed E-state index contributed by atoms with van der Waals surface area (Å²) >= 11 is 0. The Hall–Kier alpha value is -2.25. The minimum Gasteiger partial charge on any atom is -0.0899 e. The van der Waals surface area contributed by atoms with Gasteiger partial charge in [-0.2, -0.15) is 0 Å². The van der Waals surface area contributed by atoms with E-state index in [1.165, 1.54) is 10.8 Å². The molecule has 0 fully saturated rings. The molecule has 16 heavy (non-hydrogen) atoms. The van der Waals surface area contributed by atoms with Gasteiger partial charge in [-0.3, -0.25) is 0 Å². The highest BCUT2D eigenvalue weighted by atomic mass is 15.1. The van der Waals surface area contributed by atoms with Gasteiger partial charge in [0.05, 0.1) is 0 Å². The number of rotatable bonds is 3. The molecule has 2 rings (SSSR count). The van der Waals surface area contributed by atoms with E-state index in [0.717, 1.165) is 5.56 Å². The van der Waals surface area contributed by atoms with E-state index in [2.05, 4.69) is 40.4 Å². The van der Waals surface area contributed by atoms with Crippen molar-refractivity contribution in [3.63, 3.8) is 0 Å². The normalized spacial score (nSPS) is 10.5. The molecule has 0 aliphatic rings. The quantitative estimate of drug-likeness (QED) is 0.414. The maximum Gasteiger partial charge on any atom is 0.0443 e. The van der Waals surface area contributed by atoms with Crippen molar-refractivity contribution < 1.29 is 0 Å². The first-order chi connectivity index (χ1) is 7.90. The molecule has 0 N–H and O–H groups in total. The van der Waals surface area contributed by atoms with Crippen LogP contribution in [0.1, 0.15) is 5.56 Å². The monoisotopic (exact) mass is 209 g/mol. The number of hydrogen-bond acceptors (Lipinski definition) is 1. The van der Waals surface area contributed by atoms with E-state index < -0.39 is 0 Å². The van der Waals surface area contributed by atoms with Crippen molar-refractivity contribution in [2.45, 2.75) is 0 Å². The predicted molar refractivity (Wildman–Crippen MR) is 67.0 cm³/mol. The fourth-order valence-corrected chi connectivity index (χ4v) is 1.58. The molecule has 0 amide bonds. The van der Waals surface area contributed by atoms with Crippen LogP contribution in [0.15, 0.2) is 53.7 Å². The molecular weight excluding hydrogens is 198 g/mol. The first kappa shape index (κ1) is 10.3. The Kier molecular flexibility index (Phi) is 3.22. The van der Waals surface area contributed by atoms with E-state index >= 15 is 0 Å². The van der Waals surface area contributed by atoms with Gasteiger partial charge < -0.3 is 0 Å². The molecule has 0 radical (unpaired) electrons. The zero-order valence-corrected chi connectivity index (χ0v) is 8.74. The Labute approximate surface area is 93.7 Å². The smallest absolute Gasteiger partial charge is 0.0443 e. The van der Waals surface area contributed by atoms with Gasteiger partial charge in [0.25, 0.3) is 0 Å². The second-order valence-electron chi connectivity index (χ2n) is 3.42. The Balaban J connectivity index is 2.25. The molecule has 0 atom stereocenters. The standard InChI is InChI=1S/C13H11N3/c14-16-15-9-3-4-11-7-8-12-5-1-2-6-13(12)10-11/h1-8,10H,9H2. The van der Waals surface area contributed by atoms with Crippen LogP contribution in [0.5, 0.6) is 0 Å². The van der Waals surface area contributed by atoms with Crippen molar-refractivity contribution in [2.24, 2.45) is 5.11 Å². The Morgan fingerprint density at radius 2 is 1.94 bits per heavy atom. The topological polar surface area (TPSA) is 48.8 Å². The highest BCUT2D eigenvalue weighted by Gasteiger charge is 1.91. The summed E-state index contributed by atoms with van der Waals surface area (Å²) in [6.45, 7) is 0.392. The van der Waals surface area contributed by atoms with Gasteiger partial charge in [-0.15, -0.1) is 0 Å². The minimum atomic E-state index is 0.392. The molecule has 2 aromatic carbocycles. The van der Waals surface area contributed by atoms with Crippen LogP contribution in [0.2, 0.25) is 0 Å². The maximum absolute atomic E-state index is 8.13. The molecule has 0 unspecified atom stereocenters. The van der Waals surface area contributed by atoms with Gasteiger partial charge in [-0.1, -0.05) is 53.7 Å². The fraction of sp³-hybridized carbons (Fsp3) is 0.0769. The average Bonchev–Trinajstić information content (AvgIpc) is 2.34. The van der Waals surface area contributed by atoms with Crippen LogP contribution in [0.25, 0.3) is 27.3 Å². The molecule has 0 bridgehead atoms. The zero-order valence-electron chi connectivity index (χ0n) is 8.74. The number of azide groups is 1. The molecule has 2 aromatic rings. The maximum atomic E-state index is 8.13. The molecule has 3 heteroatoms. The SMILES string of the molecule is [N-]=[N+]=NCC=Cc1ccc2ccccc2c1. The summed E-state index contributed by atoms with van der Waals surface area (Å²) in [7, 11) is 0. The van der Waals surface area contributed by atoms with Gasteiger partial charge in [0.15, 0.2) is 0 Å². The van der Waals surface area contributed by atoms with Crippen LogP contribution < -0.4 is 0 Å². The van der Waals surface area contributed by atoms with Crippen LogP contribution in [0.4, 0.5) is 0 Å². The molecule has 0 saturated carbocycles. The van der Waals surface area contributed by atoms with Gasteiger partial charge in [0, 0.05) is 11.5 Å². The second-order valence-corrected chi connectivity index (χ2v) is 3.42. The van der Waals surface area contributed by atoms with Crippen LogP contribution in [-0.4, -0.2) is 6.54 Å². The lowest BCUT2D eigenvalue weighted by Gasteiger charge is -1.98. The average molecular weight is 209 g/mol.